The van der Waals surface area contributed by atoms with Crippen LogP contribution < -0.4 is 9.47 Å². The molecule has 2 fully saturated rings. The lowest BCUT2D eigenvalue weighted by atomic mass is 9.86. The smallest absolute Gasteiger partial charge is 0.161 e. The summed E-state index contributed by atoms with van der Waals surface area (Å²) in [6, 6.07) is 6.27. The molecule has 0 aliphatic carbocycles. The van der Waals surface area contributed by atoms with Gasteiger partial charge in [0.2, 0.25) is 0 Å². The highest BCUT2D eigenvalue weighted by atomic mass is 16.6. The second-order valence-electron chi connectivity index (χ2n) is 6.72. The van der Waals surface area contributed by atoms with E-state index in [0.717, 1.165) is 57.0 Å². The number of piperidine rings is 1. The number of likely N-dealkylation sites (tertiary alicyclic amines) is 1. The number of hydrogen-bond donors (Lipinski definition) is 0. The van der Waals surface area contributed by atoms with Crippen LogP contribution in [-0.2, 0) is 16.0 Å². The standard InChI is InChI=1S/C18H25NO4/c1-20-17-5-7-19(13-18(17)6-2-8-23-18)12-14-3-4-15-16(11-14)22-10-9-21-15/h3-4,11,17H,2,5-10,12-13H2,1H3/t17-,18-/m0/s1. The highest BCUT2D eigenvalue weighted by molar-refractivity contribution is 5.43. The summed E-state index contributed by atoms with van der Waals surface area (Å²) in [4.78, 5) is 2.48. The summed E-state index contributed by atoms with van der Waals surface area (Å²) in [6.45, 7) is 5.03. The van der Waals surface area contributed by atoms with E-state index >= 15 is 0 Å². The van der Waals surface area contributed by atoms with Crippen molar-refractivity contribution in [3.63, 3.8) is 0 Å². The molecular formula is C18H25NO4. The summed E-state index contributed by atoms with van der Waals surface area (Å²) in [5, 5.41) is 0. The summed E-state index contributed by atoms with van der Waals surface area (Å²) < 4.78 is 23.1. The summed E-state index contributed by atoms with van der Waals surface area (Å²) >= 11 is 0. The quantitative estimate of drug-likeness (QED) is 0.854. The van der Waals surface area contributed by atoms with E-state index in [4.69, 9.17) is 18.9 Å². The maximum atomic E-state index is 6.13. The number of nitrogens with zero attached hydrogens (tertiary/aromatic N) is 1. The number of hydrogen-bond acceptors (Lipinski definition) is 5. The van der Waals surface area contributed by atoms with Gasteiger partial charge in [-0.15, -0.1) is 0 Å². The lowest BCUT2D eigenvalue weighted by molar-refractivity contribution is -0.145. The van der Waals surface area contributed by atoms with Crippen molar-refractivity contribution < 1.29 is 18.9 Å². The van der Waals surface area contributed by atoms with Crippen LogP contribution in [0.15, 0.2) is 18.2 Å². The van der Waals surface area contributed by atoms with E-state index in [1.54, 1.807) is 0 Å². The predicted molar refractivity (Wildman–Crippen MR) is 86.0 cm³/mol. The van der Waals surface area contributed by atoms with Crippen molar-refractivity contribution in [2.24, 2.45) is 0 Å². The third-order valence-electron chi connectivity index (χ3n) is 5.22. The Bertz CT molecular complexity index is 556. The molecule has 0 unspecified atom stereocenters. The molecule has 0 aromatic heterocycles. The number of fused-ring (bicyclic) bond motifs is 1. The van der Waals surface area contributed by atoms with Crippen molar-refractivity contribution in [2.75, 3.05) is 40.0 Å². The maximum absolute atomic E-state index is 6.13. The molecule has 2 atom stereocenters. The molecule has 3 heterocycles. The molecule has 0 amide bonds. The van der Waals surface area contributed by atoms with Gasteiger partial charge in [-0.2, -0.15) is 0 Å². The van der Waals surface area contributed by atoms with Crippen LogP contribution in [0, 0.1) is 0 Å². The normalized spacial score (nSPS) is 30.7. The molecule has 0 saturated carbocycles. The Kier molecular flexibility index (Phi) is 4.18. The average molecular weight is 319 g/mol. The van der Waals surface area contributed by atoms with E-state index in [-0.39, 0.29) is 11.7 Å². The first-order valence-corrected chi connectivity index (χ1v) is 8.57. The minimum Gasteiger partial charge on any atom is -0.486 e. The van der Waals surface area contributed by atoms with Gasteiger partial charge in [-0.1, -0.05) is 6.07 Å². The zero-order valence-corrected chi connectivity index (χ0v) is 13.8. The summed E-state index contributed by atoms with van der Waals surface area (Å²) in [5.41, 5.74) is 1.15. The van der Waals surface area contributed by atoms with Crippen LogP contribution in [0.1, 0.15) is 24.8 Å². The molecule has 4 rings (SSSR count). The Labute approximate surface area is 137 Å². The molecule has 23 heavy (non-hydrogen) atoms. The molecular weight excluding hydrogens is 294 g/mol. The van der Waals surface area contributed by atoms with Crippen molar-refractivity contribution in [1.82, 2.24) is 4.90 Å². The molecule has 126 valence electrons. The van der Waals surface area contributed by atoms with Crippen molar-refractivity contribution in [2.45, 2.75) is 37.5 Å². The molecule has 3 aliphatic rings. The van der Waals surface area contributed by atoms with Crippen molar-refractivity contribution in [1.29, 1.82) is 0 Å². The first kappa shape index (κ1) is 15.2. The Balaban J connectivity index is 1.47. The minimum absolute atomic E-state index is 0.110. The van der Waals surface area contributed by atoms with Gasteiger partial charge in [0, 0.05) is 33.4 Å². The zero-order chi connectivity index (χ0) is 15.7. The molecule has 1 aromatic carbocycles. The van der Waals surface area contributed by atoms with Crippen molar-refractivity contribution in [3.05, 3.63) is 23.8 Å². The minimum atomic E-state index is -0.110. The Morgan fingerprint density at radius 3 is 2.87 bits per heavy atom. The van der Waals surface area contributed by atoms with E-state index in [1.165, 1.54) is 5.56 Å². The highest BCUT2D eigenvalue weighted by Gasteiger charge is 2.47. The largest absolute Gasteiger partial charge is 0.486 e. The van der Waals surface area contributed by atoms with Crippen molar-refractivity contribution in [3.8, 4) is 11.5 Å². The second kappa shape index (κ2) is 6.30. The molecule has 0 bridgehead atoms. The first-order valence-electron chi connectivity index (χ1n) is 8.57. The molecule has 2 saturated heterocycles. The third-order valence-corrected chi connectivity index (χ3v) is 5.22. The topological polar surface area (TPSA) is 40.2 Å². The SMILES string of the molecule is CO[C@H]1CCN(Cc2ccc3c(c2)OCCO3)C[C@@]12CCCO2. The van der Waals surface area contributed by atoms with Gasteiger partial charge in [-0.3, -0.25) is 4.90 Å². The van der Waals surface area contributed by atoms with Gasteiger partial charge >= 0.3 is 0 Å². The van der Waals surface area contributed by atoms with Crippen LogP contribution in [0.5, 0.6) is 11.5 Å². The van der Waals surface area contributed by atoms with Crippen molar-refractivity contribution >= 4 is 0 Å². The van der Waals surface area contributed by atoms with Gasteiger partial charge in [0.05, 0.1) is 6.10 Å². The fourth-order valence-electron chi connectivity index (χ4n) is 4.13. The second-order valence-corrected chi connectivity index (χ2v) is 6.72. The molecule has 5 nitrogen and oxygen atoms in total. The van der Waals surface area contributed by atoms with E-state index in [2.05, 4.69) is 17.0 Å². The Hall–Kier alpha value is -1.30. The molecule has 5 heteroatoms. The van der Waals surface area contributed by atoms with E-state index in [1.807, 2.05) is 13.2 Å². The predicted octanol–water partition coefficient (Wildman–Crippen LogP) is 2.23. The fraction of sp³-hybridized carbons (Fsp3) is 0.667. The molecule has 0 N–H and O–H groups in total. The molecule has 1 spiro atoms. The number of ether oxygens (including phenoxy) is 4. The molecule has 3 aliphatic heterocycles. The average Bonchev–Trinajstić information content (AvgIpc) is 3.03. The van der Waals surface area contributed by atoms with Crippen LogP contribution in [0.2, 0.25) is 0 Å². The van der Waals surface area contributed by atoms with Crippen LogP contribution >= 0.6 is 0 Å². The number of benzene rings is 1. The lowest BCUT2D eigenvalue weighted by Crippen LogP contribution is -2.56. The zero-order valence-electron chi connectivity index (χ0n) is 13.8. The van der Waals surface area contributed by atoms with Gasteiger partial charge in [0.1, 0.15) is 18.8 Å². The third kappa shape index (κ3) is 2.93. The number of methoxy groups -OCH3 is 1. The Morgan fingerprint density at radius 1 is 1.22 bits per heavy atom. The van der Waals surface area contributed by atoms with Gasteiger partial charge in [0.25, 0.3) is 0 Å². The van der Waals surface area contributed by atoms with Gasteiger partial charge < -0.3 is 18.9 Å². The first-order chi connectivity index (χ1) is 11.3. The molecule has 1 aromatic rings. The van der Waals surface area contributed by atoms with Crippen LogP contribution in [-0.4, -0.2) is 56.6 Å². The van der Waals surface area contributed by atoms with Gasteiger partial charge in [-0.05, 0) is 37.0 Å². The summed E-state index contributed by atoms with van der Waals surface area (Å²) in [7, 11) is 1.81. The summed E-state index contributed by atoms with van der Waals surface area (Å²) in [6.07, 6.45) is 3.49. The van der Waals surface area contributed by atoms with Gasteiger partial charge in [0.15, 0.2) is 11.5 Å². The monoisotopic (exact) mass is 319 g/mol. The lowest BCUT2D eigenvalue weighted by Gasteiger charge is -2.44. The van der Waals surface area contributed by atoms with E-state index in [0.29, 0.717) is 13.2 Å². The van der Waals surface area contributed by atoms with Crippen LogP contribution in [0.4, 0.5) is 0 Å². The highest BCUT2D eigenvalue weighted by Crippen LogP contribution is 2.37. The fourth-order valence-corrected chi connectivity index (χ4v) is 4.13. The van der Waals surface area contributed by atoms with Crippen LogP contribution in [0.25, 0.3) is 0 Å². The molecule has 0 radical (unpaired) electrons. The van der Waals surface area contributed by atoms with E-state index < -0.39 is 0 Å². The van der Waals surface area contributed by atoms with Gasteiger partial charge in [-0.25, -0.2) is 0 Å². The van der Waals surface area contributed by atoms with E-state index in [9.17, 15) is 0 Å². The number of rotatable bonds is 3. The Morgan fingerprint density at radius 2 is 2.09 bits per heavy atom. The summed E-state index contributed by atoms with van der Waals surface area (Å²) in [5.74, 6) is 1.72. The van der Waals surface area contributed by atoms with Crippen LogP contribution in [0.3, 0.4) is 0 Å². The maximum Gasteiger partial charge on any atom is 0.161 e.